The van der Waals surface area contributed by atoms with Crippen molar-refractivity contribution < 1.29 is 0 Å². The van der Waals surface area contributed by atoms with Gasteiger partial charge in [-0.1, -0.05) is 6.42 Å². The summed E-state index contributed by atoms with van der Waals surface area (Å²) in [6.07, 6.45) is 5.90. The summed E-state index contributed by atoms with van der Waals surface area (Å²) in [5, 5.41) is 8.23. The topological polar surface area (TPSA) is 29.9 Å². The molecule has 1 N–H and O–H groups in total. The Bertz CT molecular complexity index is 445. The minimum Gasteiger partial charge on any atom is -0.312 e. The smallest absolute Gasteiger partial charge is 0.0635 e. The van der Waals surface area contributed by atoms with E-state index in [2.05, 4.69) is 65.6 Å². The van der Waals surface area contributed by atoms with Crippen LogP contribution < -0.4 is 5.32 Å². The van der Waals surface area contributed by atoms with Gasteiger partial charge >= 0.3 is 0 Å². The Kier molecular flexibility index (Phi) is 4.96. The summed E-state index contributed by atoms with van der Waals surface area (Å²) in [5.74, 6) is 1.35. The van der Waals surface area contributed by atoms with Gasteiger partial charge in [0.15, 0.2) is 0 Å². The van der Waals surface area contributed by atoms with Crippen LogP contribution in [-0.4, -0.2) is 21.9 Å². The van der Waals surface area contributed by atoms with Crippen LogP contribution in [0, 0.1) is 5.92 Å². The average Bonchev–Trinajstić information content (AvgIpc) is 2.90. The number of hydrogen-bond donors (Lipinski definition) is 1. The largest absolute Gasteiger partial charge is 0.312 e. The fourth-order valence-corrected chi connectivity index (χ4v) is 3.75. The van der Waals surface area contributed by atoms with Gasteiger partial charge in [-0.3, -0.25) is 4.68 Å². The van der Waals surface area contributed by atoms with E-state index >= 15 is 0 Å². The van der Waals surface area contributed by atoms with Crippen LogP contribution in [0.4, 0.5) is 0 Å². The van der Waals surface area contributed by atoms with Crippen molar-refractivity contribution in [3.63, 3.8) is 0 Å². The molecule has 1 saturated carbocycles. The van der Waals surface area contributed by atoms with Crippen LogP contribution in [0.5, 0.6) is 0 Å². The zero-order valence-corrected chi connectivity index (χ0v) is 15.0. The molecule has 1 aliphatic rings. The predicted molar refractivity (Wildman–Crippen MR) is 88.1 cm³/mol. The van der Waals surface area contributed by atoms with E-state index in [4.69, 9.17) is 0 Å². The number of aromatic nitrogens is 2. The number of rotatable bonds is 4. The Labute approximate surface area is 131 Å². The molecule has 1 aromatic heterocycles. The standard InChI is InChI=1S/C16H28BrN3/c1-11(2)20-15(14(17)10-19-20)13-8-6-7-12(13)9-18-16(3,4)5/h10-13,18H,6-9H2,1-5H3. The lowest BCUT2D eigenvalue weighted by Crippen LogP contribution is -2.39. The van der Waals surface area contributed by atoms with E-state index in [1.807, 2.05) is 6.20 Å². The van der Waals surface area contributed by atoms with Gasteiger partial charge in [0.05, 0.1) is 16.4 Å². The van der Waals surface area contributed by atoms with E-state index < -0.39 is 0 Å². The maximum Gasteiger partial charge on any atom is 0.0635 e. The van der Waals surface area contributed by atoms with Gasteiger partial charge < -0.3 is 5.32 Å². The molecule has 20 heavy (non-hydrogen) atoms. The second-order valence-electron chi connectivity index (χ2n) is 7.34. The number of hydrogen-bond acceptors (Lipinski definition) is 2. The zero-order chi connectivity index (χ0) is 14.9. The summed E-state index contributed by atoms with van der Waals surface area (Å²) < 4.78 is 3.38. The molecule has 0 saturated heterocycles. The van der Waals surface area contributed by atoms with Gasteiger partial charge in [-0.15, -0.1) is 0 Å². The summed E-state index contributed by atoms with van der Waals surface area (Å²) in [4.78, 5) is 0. The molecule has 1 heterocycles. The number of nitrogens with one attached hydrogen (secondary N) is 1. The molecular weight excluding hydrogens is 314 g/mol. The van der Waals surface area contributed by atoms with Crippen LogP contribution in [0.1, 0.15) is 71.5 Å². The van der Waals surface area contributed by atoms with Crippen LogP contribution in [0.3, 0.4) is 0 Å². The second-order valence-corrected chi connectivity index (χ2v) is 8.20. The van der Waals surface area contributed by atoms with Gasteiger partial charge in [0.25, 0.3) is 0 Å². The van der Waals surface area contributed by atoms with E-state index in [1.165, 1.54) is 29.4 Å². The van der Waals surface area contributed by atoms with Crippen LogP contribution in [0.25, 0.3) is 0 Å². The van der Waals surface area contributed by atoms with Crippen molar-refractivity contribution in [2.75, 3.05) is 6.54 Å². The highest BCUT2D eigenvalue weighted by Gasteiger charge is 2.33. The lowest BCUT2D eigenvalue weighted by Gasteiger charge is -2.27. The minimum atomic E-state index is 0.197. The molecule has 0 radical (unpaired) electrons. The Balaban J connectivity index is 2.17. The van der Waals surface area contributed by atoms with Crippen molar-refractivity contribution in [3.8, 4) is 0 Å². The van der Waals surface area contributed by atoms with Gasteiger partial charge in [-0.25, -0.2) is 0 Å². The molecule has 114 valence electrons. The van der Waals surface area contributed by atoms with Gasteiger partial charge in [0.2, 0.25) is 0 Å². The molecule has 0 amide bonds. The first-order chi connectivity index (χ1) is 9.29. The monoisotopic (exact) mass is 341 g/mol. The van der Waals surface area contributed by atoms with Crippen molar-refractivity contribution >= 4 is 15.9 Å². The molecule has 2 atom stereocenters. The highest BCUT2D eigenvalue weighted by atomic mass is 79.9. The van der Waals surface area contributed by atoms with Crippen molar-refractivity contribution in [3.05, 3.63) is 16.4 Å². The predicted octanol–water partition coefficient (Wildman–Crippen LogP) is 4.50. The van der Waals surface area contributed by atoms with E-state index in [9.17, 15) is 0 Å². The molecule has 0 spiro atoms. The molecule has 1 aliphatic carbocycles. The SMILES string of the molecule is CC(C)n1ncc(Br)c1C1CCCC1CNC(C)(C)C. The Hall–Kier alpha value is -0.350. The summed E-state index contributed by atoms with van der Waals surface area (Å²) in [6.45, 7) is 12.2. The molecular formula is C16H28BrN3. The van der Waals surface area contributed by atoms with Crippen molar-refractivity contribution in [1.82, 2.24) is 15.1 Å². The molecule has 0 aliphatic heterocycles. The van der Waals surface area contributed by atoms with Crippen molar-refractivity contribution in [2.24, 2.45) is 5.92 Å². The first kappa shape index (κ1) is 16.0. The average molecular weight is 342 g/mol. The third-order valence-electron chi connectivity index (χ3n) is 4.18. The maximum atomic E-state index is 4.55. The van der Waals surface area contributed by atoms with Gasteiger partial charge in [-0.05, 0) is 75.9 Å². The lowest BCUT2D eigenvalue weighted by molar-refractivity contribution is 0.345. The zero-order valence-electron chi connectivity index (χ0n) is 13.4. The molecule has 2 rings (SSSR count). The molecule has 2 unspecified atom stereocenters. The molecule has 4 heteroatoms. The highest BCUT2D eigenvalue weighted by molar-refractivity contribution is 9.10. The summed E-state index contributed by atoms with van der Waals surface area (Å²) in [7, 11) is 0. The second kappa shape index (κ2) is 6.18. The lowest BCUT2D eigenvalue weighted by atomic mass is 9.91. The van der Waals surface area contributed by atoms with Crippen LogP contribution >= 0.6 is 15.9 Å². The van der Waals surface area contributed by atoms with Crippen LogP contribution in [0.2, 0.25) is 0 Å². The third kappa shape index (κ3) is 3.64. The normalized spacial score (nSPS) is 23.8. The van der Waals surface area contributed by atoms with Crippen LogP contribution in [-0.2, 0) is 0 Å². The van der Waals surface area contributed by atoms with E-state index in [1.54, 1.807) is 0 Å². The van der Waals surface area contributed by atoms with Crippen molar-refractivity contribution in [2.45, 2.75) is 71.4 Å². The highest BCUT2D eigenvalue weighted by Crippen LogP contribution is 2.42. The quantitative estimate of drug-likeness (QED) is 0.873. The van der Waals surface area contributed by atoms with E-state index in [0.717, 1.165) is 12.5 Å². The maximum absolute atomic E-state index is 4.55. The fourth-order valence-electron chi connectivity index (χ4n) is 3.19. The first-order valence-electron chi connectivity index (χ1n) is 7.77. The van der Waals surface area contributed by atoms with Gasteiger partial charge in [0.1, 0.15) is 0 Å². The van der Waals surface area contributed by atoms with Gasteiger partial charge in [0, 0.05) is 17.5 Å². The molecule has 3 nitrogen and oxygen atoms in total. The van der Waals surface area contributed by atoms with Gasteiger partial charge in [-0.2, -0.15) is 5.10 Å². The van der Waals surface area contributed by atoms with E-state index in [0.29, 0.717) is 12.0 Å². The third-order valence-corrected chi connectivity index (χ3v) is 4.79. The summed E-state index contributed by atoms with van der Waals surface area (Å²) in [5.41, 5.74) is 1.60. The number of halogens is 1. The van der Waals surface area contributed by atoms with Crippen molar-refractivity contribution in [1.29, 1.82) is 0 Å². The molecule has 1 aromatic rings. The Morgan fingerprint density at radius 1 is 1.40 bits per heavy atom. The minimum absolute atomic E-state index is 0.197. The molecule has 1 fully saturated rings. The fraction of sp³-hybridized carbons (Fsp3) is 0.812. The summed E-state index contributed by atoms with van der Waals surface area (Å²) >= 11 is 3.71. The molecule has 0 aromatic carbocycles. The van der Waals surface area contributed by atoms with Crippen LogP contribution in [0.15, 0.2) is 10.7 Å². The Morgan fingerprint density at radius 3 is 2.70 bits per heavy atom. The first-order valence-corrected chi connectivity index (χ1v) is 8.57. The summed E-state index contributed by atoms with van der Waals surface area (Å²) in [6, 6.07) is 0.424. The molecule has 0 bridgehead atoms. The Morgan fingerprint density at radius 2 is 2.10 bits per heavy atom. The number of nitrogens with zero attached hydrogens (tertiary/aromatic N) is 2. The van der Waals surface area contributed by atoms with E-state index in [-0.39, 0.29) is 5.54 Å².